The van der Waals surface area contributed by atoms with Crippen LogP contribution in [-0.4, -0.2) is 19.9 Å². The molecule has 0 aromatic heterocycles. The van der Waals surface area contributed by atoms with Crippen LogP contribution in [0.2, 0.25) is 0 Å². The third-order valence-corrected chi connectivity index (χ3v) is 6.60. The minimum atomic E-state index is -0.177. The minimum absolute atomic E-state index is 0.177. The number of Topliss-reactive ketones (excluding diaryl/α,β-unsaturated/α-hetero) is 1. The van der Waals surface area contributed by atoms with E-state index < -0.39 is 0 Å². The fourth-order valence-electron chi connectivity index (χ4n) is 4.78. The second kappa shape index (κ2) is 8.19. The van der Waals surface area contributed by atoms with E-state index in [1.165, 1.54) is 11.1 Å². The Morgan fingerprint density at radius 2 is 1.47 bits per heavy atom. The second-order valence-corrected chi connectivity index (χ2v) is 9.07. The number of rotatable bonds is 3. The van der Waals surface area contributed by atoms with Gasteiger partial charge in [-0.25, -0.2) is 0 Å². The quantitative estimate of drug-likeness (QED) is 0.539. The molecule has 0 bridgehead atoms. The number of anilines is 3. The molecule has 5 rings (SSSR count). The molecule has 0 fully saturated rings. The van der Waals surface area contributed by atoms with Crippen molar-refractivity contribution in [3.05, 3.63) is 101 Å². The first-order valence-corrected chi connectivity index (χ1v) is 11.2. The summed E-state index contributed by atoms with van der Waals surface area (Å²) in [5.74, 6) is 0.405. The zero-order valence-corrected chi connectivity index (χ0v) is 18.9. The van der Waals surface area contributed by atoms with Crippen LogP contribution in [-0.2, 0) is 4.79 Å². The molecule has 0 saturated carbocycles. The molecular formula is C28H29N3O. The van der Waals surface area contributed by atoms with Crippen LogP contribution in [0.15, 0.2) is 84.1 Å². The number of nitrogens with one attached hydrogen (secondary N) is 2. The van der Waals surface area contributed by atoms with Gasteiger partial charge in [0.1, 0.15) is 0 Å². The van der Waals surface area contributed by atoms with Gasteiger partial charge in [0.25, 0.3) is 0 Å². The number of carbonyl (C=O) groups excluding carboxylic acids is 1. The fraction of sp³-hybridized carbons (Fsp3) is 0.250. The van der Waals surface area contributed by atoms with E-state index in [0.717, 1.165) is 40.3 Å². The Bertz CT molecular complexity index is 1180. The van der Waals surface area contributed by atoms with Crippen LogP contribution in [0.1, 0.15) is 41.5 Å². The Morgan fingerprint density at radius 3 is 2.16 bits per heavy atom. The van der Waals surface area contributed by atoms with Gasteiger partial charge in [0.05, 0.1) is 17.4 Å². The van der Waals surface area contributed by atoms with E-state index in [-0.39, 0.29) is 17.7 Å². The molecule has 0 amide bonds. The number of para-hydroxylation sites is 2. The predicted molar refractivity (Wildman–Crippen MR) is 132 cm³/mol. The zero-order valence-electron chi connectivity index (χ0n) is 18.9. The normalized spacial score (nSPS) is 19.9. The molecule has 4 nitrogen and oxygen atoms in total. The first-order chi connectivity index (χ1) is 15.5. The lowest BCUT2D eigenvalue weighted by Crippen LogP contribution is -2.26. The average Bonchev–Trinajstić information content (AvgIpc) is 2.96. The Morgan fingerprint density at radius 1 is 0.812 bits per heavy atom. The summed E-state index contributed by atoms with van der Waals surface area (Å²) in [5.41, 5.74) is 8.65. The molecule has 162 valence electrons. The summed E-state index contributed by atoms with van der Waals surface area (Å²) in [5, 5.41) is 7.28. The molecule has 1 aliphatic carbocycles. The summed E-state index contributed by atoms with van der Waals surface area (Å²) in [4.78, 5) is 15.7. The smallest absolute Gasteiger partial charge is 0.163 e. The van der Waals surface area contributed by atoms with Gasteiger partial charge in [-0.15, -0.1) is 0 Å². The van der Waals surface area contributed by atoms with E-state index in [4.69, 9.17) is 0 Å². The van der Waals surface area contributed by atoms with Gasteiger partial charge in [0.15, 0.2) is 5.78 Å². The molecule has 3 aromatic rings. The van der Waals surface area contributed by atoms with Crippen molar-refractivity contribution in [1.82, 2.24) is 0 Å². The van der Waals surface area contributed by atoms with E-state index in [1.807, 2.05) is 26.2 Å². The van der Waals surface area contributed by atoms with Gasteiger partial charge in [0.2, 0.25) is 0 Å². The van der Waals surface area contributed by atoms with Gasteiger partial charge in [-0.05, 0) is 54.7 Å². The highest BCUT2D eigenvalue weighted by Crippen LogP contribution is 2.44. The number of fused-ring (bicyclic) bond motifs is 1. The lowest BCUT2D eigenvalue weighted by Gasteiger charge is -2.30. The monoisotopic (exact) mass is 423 g/mol. The van der Waals surface area contributed by atoms with Crippen molar-refractivity contribution in [3.63, 3.8) is 0 Å². The number of aryl methyl sites for hydroxylation is 1. The van der Waals surface area contributed by atoms with Crippen LogP contribution >= 0.6 is 0 Å². The average molecular weight is 424 g/mol. The maximum Gasteiger partial charge on any atom is 0.163 e. The van der Waals surface area contributed by atoms with Crippen LogP contribution < -0.4 is 15.5 Å². The van der Waals surface area contributed by atoms with Gasteiger partial charge < -0.3 is 15.5 Å². The van der Waals surface area contributed by atoms with Crippen LogP contribution in [0.5, 0.6) is 0 Å². The SMILES string of the molecule is Cc1ccc(C2CC(=O)C3=C(C2)Nc2ccccc2NC3c2ccc(N(C)C)cc2)cc1. The molecule has 0 saturated heterocycles. The third kappa shape index (κ3) is 3.77. The number of carbonyl (C=O) groups is 1. The van der Waals surface area contributed by atoms with Gasteiger partial charge in [-0.2, -0.15) is 0 Å². The first-order valence-electron chi connectivity index (χ1n) is 11.2. The summed E-state index contributed by atoms with van der Waals surface area (Å²) in [6.45, 7) is 2.10. The van der Waals surface area contributed by atoms with Crippen molar-refractivity contribution in [2.75, 3.05) is 29.6 Å². The zero-order chi connectivity index (χ0) is 22.2. The standard InChI is InChI=1S/C28H29N3O/c1-18-8-10-19(11-9-18)21-16-25-27(26(32)17-21)28(20-12-14-22(15-13-20)31(2)3)30-24-7-5-4-6-23(24)29-25/h4-15,21,28-30H,16-17H2,1-3H3. The van der Waals surface area contributed by atoms with Crippen molar-refractivity contribution >= 4 is 22.8 Å². The van der Waals surface area contributed by atoms with Gasteiger partial charge in [0, 0.05) is 37.5 Å². The molecule has 2 aliphatic rings. The largest absolute Gasteiger partial charge is 0.378 e. The summed E-state index contributed by atoms with van der Waals surface area (Å²) >= 11 is 0. The lowest BCUT2D eigenvalue weighted by atomic mass is 9.78. The van der Waals surface area contributed by atoms with Crippen molar-refractivity contribution in [2.24, 2.45) is 0 Å². The maximum atomic E-state index is 13.6. The Labute approximate surface area is 190 Å². The lowest BCUT2D eigenvalue weighted by molar-refractivity contribution is -0.116. The van der Waals surface area contributed by atoms with Crippen LogP contribution in [0.3, 0.4) is 0 Å². The Hall–Kier alpha value is -3.53. The molecule has 2 atom stereocenters. The number of allylic oxidation sites excluding steroid dienone is 1. The van der Waals surface area contributed by atoms with Gasteiger partial charge in [-0.3, -0.25) is 4.79 Å². The molecule has 2 unspecified atom stereocenters. The van der Waals surface area contributed by atoms with E-state index in [2.05, 4.69) is 83.1 Å². The van der Waals surface area contributed by atoms with Crippen molar-refractivity contribution in [3.8, 4) is 0 Å². The molecular weight excluding hydrogens is 394 g/mol. The summed E-state index contributed by atoms with van der Waals surface area (Å²) in [6, 6.07) is 25.1. The molecule has 0 spiro atoms. The fourth-order valence-corrected chi connectivity index (χ4v) is 4.78. The van der Waals surface area contributed by atoms with E-state index in [1.54, 1.807) is 0 Å². The minimum Gasteiger partial charge on any atom is -0.378 e. The molecule has 1 heterocycles. The van der Waals surface area contributed by atoms with Crippen LogP contribution in [0.25, 0.3) is 0 Å². The number of hydrogen-bond acceptors (Lipinski definition) is 4. The highest BCUT2D eigenvalue weighted by Gasteiger charge is 2.36. The van der Waals surface area contributed by atoms with Crippen molar-refractivity contribution in [2.45, 2.75) is 31.7 Å². The van der Waals surface area contributed by atoms with E-state index in [0.29, 0.717) is 6.42 Å². The molecule has 2 N–H and O–H groups in total. The highest BCUT2D eigenvalue weighted by molar-refractivity contribution is 6.01. The van der Waals surface area contributed by atoms with Crippen molar-refractivity contribution in [1.29, 1.82) is 0 Å². The van der Waals surface area contributed by atoms with Crippen LogP contribution in [0, 0.1) is 6.92 Å². The number of benzene rings is 3. The van der Waals surface area contributed by atoms with Crippen LogP contribution in [0.4, 0.5) is 17.1 Å². The molecule has 1 aliphatic heterocycles. The topological polar surface area (TPSA) is 44.4 Å². The number of hydrogen-bond donors (Lipinski definition) is 2. The van der Waals surface area contributed by atoms with E-state index >= 15 is 0 Å². The Balaban J connectivity index is 1.58. The Kier molecular flexibility index (Phi) is 5.22. The summed E-state index contributed by atoms with van der Waals surface area (Å²) < 4.78 is 0. The predicted octanol–water partition coefficient (Wildman–Crippen LogP) is 6.04. The number of ketones is 1. The van der Waals surface area contributed by atoms with E-state index in [9.17, 15) is 4.79 Å². The maximum absolute atomic E-state index is 13.6. The summed E-state index contributed by atoms with van der Waals surface area (Å²) in [6.07, 6.45) is 1.36. The number of nitrogens with zero attached hydrogens (tertiary/aromatic N) is 1. The molecule has 0 radical (unpaired) electrons. The molecule has 4 heteroatoms. The molecule has 32 heavy (non-hydrogen) atoms. The third-order valence-electron chi connectivity index (χ3n) is 6.60. The van der Waals surface area contributed by atoms with Gasteiger partial charge >= 0.3 is 0 Å². The molecule has 3 aromatic carbocycles. The van der Waals surface area contributed by atoms with Crippen molar-refractivity contribution < 1.29 is 4.79 Å². The highest BCUT2D eigenvalue weighted by atomic mass is 16.1. The second-order valence-electron chi connectivity index (χ2n) is 9.07. The first kappa shape index (κ1) is 20.4. The van der Waals surface area contributed by atoms with Gasteiger partial charge in [-0.1, -0.05) is 54.1 Å². The summed E-state index contributed by atoms with van der Waals surface area (Å²) in [7, 11) is 4.07.